The van der Waals surface area contributed by atoms with Crippen molar-refractivity contribution in [3.8, 4) is 16.2 Å². The Balaban J connectivity index is 1.79. The van der Waals surface area contributed by atoms with Crippen molar-refractivity contribution >= 4 is 50.6 Å². The van der Waals surface area contributed by atoms with Crippen molar-refractivity contribution in [1.29, 1.82) is 0 Å². The Kier molecular flexibility index (Phi) is 8.85. The molecule has 0 atom stereocenters. The summed E-state index contributed by atoms with van der Waals surface area (Å²) < 4.78 is 34.8. The Labute approximate surface area is 236 Å². The fourth-order valence-electron chi connectivity index (χ4n) is 4.74. The minimum absolute atomic E-state index is 0.0393. The first-order valence-corrected chi connectivity index (χ1v) is 15.1. The summed E-state index contributed by atoms with van der Waals surface area (Å²) in [6.07, 6.45) is 1.26. The van der Waals surface area contributed by atoms with Gasteiger partial charge in [0.1, 0.15) is 5.02 Å². The molecule has 39 heavy (non-hydrogen) atoms. The van der Waals surface area contributed by atoms with E-state index in [2.05, 4.69) is 5.32 Å². The van der Waals surface area contributed by atoms with Crippen LogP contribution in [0, 0.1) is 13.8 Å². The number of sulfonamides is 1. The summed E-state index contributed by atoms with van der Waals surface area (Å²) in [5.41, 5.74) is 3.51. The van der Waals surface area contributed by atoms with E-state index in [4.69, 9.17) is 21.4 Å². The second-order valence-corrected chi connectivity index (χ2v) is 12.6. The van der Waals surface area contributed by atoms with Crippen molar-refractivity contribution in [2.75, 3.05) is 24.0 Å². The predicted octanol–water partition coefficient (Wildman–Crippen LogP) is 4.94. The number of aryl methyl sites for hydroxylation is 2. The van der Waals surface area contributed by atoms with Crippen molar-refractivity contribution in [2.24, 2.45) is 0 Å². The lowest BCUT2D eigenvalue weighted by atomic mass is 10.1. The fraction of sp³-hybridized carbons (Fsp3) is 0.333. The molecule has 9 nitrogen and oxygen atoms in total. The number of piperidine rings is 1. The lowest BCUT2D eigenvalue weighted by Gasteiger charge is -2.36. The van der Waals surface area contributed by atoms with Crippen LogP contribution in [0.4, 0.5) is 5.69 Å². The largest absolute Gasteiger partial charge is 0.479 e. The van der Waals surface area contributed by atoms with Gasteiger partial charge in [-0.25, -0.2) is 18.0 Å². The number of halogens is 1. The number of aromatic carboxylic acids is 1. The van der Waals surface area contributed by atoms with E-state index >= 15 is 0 Å². The number of hydrogen-bond donors (Lipinski definition) is 3. The molecule has 1 saturated heterocycles. The monoisotopic (exact) mass is 592 g/mol. The van der Waals surface area contributed by atoms with E-state index in [-0.39, 0.29) is 27.4 Å². The zero-order chi connectivity index (χ0) is 28.3. The van der Waals surface area contributed by atoms with Gasteiger partial charge in [0.2, 0.25) is 10.0 Å². The van der Waals surface area contributed by atoms with Crippen LogP contribution in [0.5, 0.6) is 5.75 Å². The van der Waals surface area contributed by atoms with E-state index < -0.39 is 28.6 Å². The van der Waals surface area contributed by atoms with Gasteiger partial charge >= 0.3 is 11.9 Å². The van der Waals surface area contributed by atoms with Gasteiger partial charge in [-0.2, -0.15) is 0 Å². The highest BCUT2D eigenvalue weighted by Crippen LogP contribution is 2.46. The highest BCUT2D eigenvalue weighted by molar-refractivity contribution is 7.92. The summed E-state index contributed by atoms with van der Waals surface area (Å²) in [4.78, 5) is 22.9. The Bertz CT molecular complexity index is 1480. The fourth-order valence-corrected chi connectivity index (χ4v) is 8.20. The van der Waals surface area contributed by atoms with Crippen LogP contribution >= 0.6 is 22.9 Å². The summed E-state index contributed by atoms with van der Waals surface area (Å²) in [6.45, 7) is 4.41. The smallest absolute Gasteiger partial charge is 0.349 e. The zero-order valence-electron chi connectivity index (χ0n) is 21.4. The average Bonchev–Trinajstić information content (AvgIpc) is 3.22. The van der Waals surface area contributed by atoms with Gasteiger partial charge < -0.3 is 20.3 Å². The number of anilines is 1. The Morgan fingerprint density at radius 2 is 1.74 bits per heavy atom. The molecular weight excluding hydrogens is 564 g/mol. The molecule has 12 heteroatoms. The quantitative estimate of drug-likeness (QED) is 0.302. The molecule has 208 valence electrons. The van der Waals surface area contributed by atoms with Crippen molar-refractivity contribution in [3.63, 3.8) is 0 Å². The number of aliphatic carboxylic acids is 1. The van der Waals surface area contributed by atoms with Crippen LogP contribution in [0.2, 0.25) is 5.02 Å². The minimum atomic E-state index is -3.82. The Hall–Kier alpha value is -3.12. The Morgan fingerprint density at radius 3 is 2.36 bits per heavy atom. The molecule has 2 aromatic carbocycles. The SMILES string of the molecule is Cc1cccc(C)c1CS(=O)(=O)N(c1cccc(-c2sc(C(=O)O)c(OCC(=O)O)c2Cl)c1)C1CCNCC1. The van der Waals surface area contributed by atoms with Crippen molar-refractivity contribution in [1.82, 2.24) is 5.32 Å². The van der Waals surface area contributed by atoms with Gasteiger partial charge in [0.15, 0.2) is 17.2 Å². The molecule has 2 heterocycles. The maximum Gasteiger partial charge on any atom is 0.349 e. The number of hydrogen-bond acceptors (Lipinski definition) is 7. The van der Waals surface area contributed by atoms with E-state index in [0.717, 1.165) is 28.0 Å². The highest BCUT2D eigenvalue weighted by atomic mass is 35.5. The number of carbonyl (C=O) groups is 2. The molecule has 3 aromatic rings. The summed E-state index contributed by atoms with van der Waals surface area (Å²) in [5, 5.41) is 21.9. The van der Waals surface area contributed by atoms with E-state index in [0.29, 0.717) is 42.1 Å². The molecule has 1 aliphatic heterocycles. The van der Waals surface area contributed by atoms with Gasteiger partial charge in [0, 0.05) is 6.04 Å². The molecule has 1 aliphatic rings. The third-order valence-corrected chi connectivity index (χ3v) is 10.1. The number of carboxylic acid groups (broad SMARTS) is 2. The third-order valence-electron chi connectivity index (χ3n) is 6.62. The molecule has 0 aliphatic carbocycles. The number of nitrogens with one attached hydrogen (secondary N) is 1. The highest BCUT2D eigenvalue weighted by Gasteiger charge is 2.33. The first kappa shape index (κ1) is 28.9. The summed E-state index contributed by atoms with van der Waals surface area (Å²) >= 11 is 7.33. The molecule has 0 radical (unpaired) electrons. The van der Waals surface area contributed by atoms with Gasteiger partial charge in [-0.15, -0.1) is 11.3 Å². The number of rotatable bonds is 10. The normalized spacial score (nSPS) is 14.2. The second kappa shape index (κ2) is 12.0. The molecule has 1 aromatic heterocycles. The predicted molar refractivity (Wildman–Crippen MR) is 152 cm³/mol. The summed E-state index contributed by atoms with van der Waals surface area (Å²) in [7, 11) is -3.82. The van der Waals surface area contributed by atoms with Gasteiger partial charge in [-0.1, -0.05) is 41.9 Å². The molecule has 0 unspecified atom stereocenters. The molecule has 1 fully saturated rings. The standard InChI is InChI=1S/C27H29ClN2O7S2/c1-16-5-3-6-17(2)21(16)15-39(35,36)30(19-9-11-29-12-10-19)20-8-4-7-18(13-20)25-23(28)24(37-14-22(31)32)26(38-25)27(33)34/h3-8,13,19,29H,9-12,14-15H2,1-2H3,(H,31,32)(H,33,34). The first-order valence-electron chi connectivity index (χ1n) is 12.3. The van der Waals surface area contributed by atoms with Crippen LogP contribution in [-0.4, -0.2) is 56.3 Å². The van der Waals surface area contributed by atoms with E-state index in [1.165, 1.54) is 4.31 Å². The summed E-state index contributed by atoms with van der Waals surface area (Å²) in [5.74, 6) is -2.97. The molecule has 0 amide bonds. The minimum Gasteiger partial charge on any atom is -0.479 e. The van der Waals surface area contributed by atoms with E-state index in [1.807, 2.05) is 32.0 Å². The molecule has 4 rings (SSSR count). The maximum atomic E-state index is 14.0. The number of benzene rings is 2. The topological polar surface area (TPSA) is 133 Å². The molecule has 0 bridgehead atoms. The zero-order valence-corrected chi connectivity index (χ0v) is 23.8. The Morgan fingerprint density at radius 1 is 1.10 bits per heavy atom. The summed E-state index contributed by atoms with van der Waals surface area (Å²) in [6, 6.07) is 12.2. The number of thiophene rings is 1. The van der Waals surface area contributed by atoms with Gasteiger partial charge in [0.05, 0.1) is 16.3 Å². The van der Waals surface area contributed by atoms with E-state index in [1.54, 1.807) is 24.3 Å². The second-order valence-electron chi connectivity index (χ2n) is 9.34. The van der Waals surface area contributed by atoms with Crippen LogP contribution < -0.4 is 14.4 Å². The lowest BCUT2D eigenvalue weighted by molar-refractivity contribution is -0.139. The van der Waals surface area contributed by atoms with Crippen molar-refractivity contribution in [3.05, 3.63) is 69.1 Å². The van der Waals surface area contributed by atoms with Gasteiger partial charge in [-0.05, 0) is 74.2 Å². The first-order chi connectivity index (χ1) is 18.5. The van der Waals surface area contributed by atoms with Gasteiger partial charge in [-0.3, -0.25) is 4.31 Å². The van der Waals surface area contributed by atoms with Crippen molar-refractivity contribution in [2.45, 2.75) is 38.5 Å². The van der Waals surface area contributed by atoms with Crippen LogP contribution in [0.25, 0.3) is 10.4 Å². The third kappa shape index (κ3) is 6.38. The van der Waals surface area contributed by atoms with E-state index in [9.17, 15) is 23.1 Å². The molecule has 0 saturated carbocycles. The van der Waals surface area contributed by atoms with Crippen LogP contribution in [0.15, 0.2) is 42.5 Å². The van der Waals surface area contributed by atoms with Gasteiger partial charge in [0.25, 0.3) is 0 Å². The van der Waals surface area contributed by atoms with Crippen LogP contribution in [-0.2, 0) is 20.6 Å². The average molecular weight is 593 g/mol. The maximum absolute atomic E-state index is 14.0. The molecule has 0 spiro atoms. The van der Waals surface area contributed by atoms with Crippen LogP contribution in [0.3, 0.4) is 0 Å². The van der Waals surface area contributed by atoms with Crippen LogP contribution in [0.1, 0.15) is 39.2 Å². The van der Waals surface area contributed by atoms with Crippen molar-refractivity contribution < 1.29 is 33.0 Å². The molecule has 3 N–H and O–H groups in total. The number of ether oxygens (including phenoxy) is 1. The lowest BCUT2D eigenvalue weighted by Crippen LogP contribution is -2.46. The number of carboxylic acids is 2. The number of nitrogens with zero attached hydrogens (tertiary/aromatic N) is 1. The molecular formula is C27H29ClN2O7S2.